The van der Waals surface area contributed by atoms with Crippen LogP contribution in [0.25, 0.3) is 11.3 Å². The molecule has 1 N–H and O–H groups in total. The number of rotatable bonds is 5. The van der Waals surface area contributed by atoms with Gasteiger partial charge in [0.25, 0.3) is 0 Å². The molecule has 0 spiro atoms. The fourth-order valence-electron chi connectivity index (χ4n) is 2.67. The summed E-state index contributed by atoms with van der Waals surface area (Å²) in [5, 5.41) is 18.2. The Labute approximate surface area is 138 Å². The topological polar surface area (TPSA) is 90.2 Å². The molecule has 1 aliphatic rings. The molecule has 0 saturated heterocycles. The number of aliphatic hydroxyl groups excluding tert-OH is 1. The van der Waals surface area contributed by atoms with Gasteiger partial charge in [-0.2, -0.15) is 4.98 Å². The predicted molar refractivity (Wildman–Crippen MR) is 83.7 cm³/mol. The summed E-state index contributed by atoms with van der Waals surface area (Å²) >= 11 is 6.17. The zero-order chi connectivity index (χ0) is 16.6. The van der Waals surface area contributed by atoms with Crippen molar-refractivity contribution in [3.63, 3.8) is 0 Å². The van der Waals surface area contributed by atoms with Gasteiger partial charge in [0.2, 0.25) is 5.88 Å². The maximum Gasteiger partial charge on any atom is 0.319 e. The molecule has 0 bridgehead atoms. The second-order valence-corrected chi connectivity index (χ2v) is 5.86. The number of methoxy groups -OCH3 is 2. The van der Waals surface area contributed by atoms with Crippen molar-refractivity contribution in [2.45, 2.75) is 25.4 Å². The van der Waals surface area contributed by atoms with Gasteiger partial charge < -0.3 is 14.6 Å². The largest absolute Gasteiger partial charge is 0.480 e. The van der Waals surface area contributed by atoms with Crippen LogP contribution in [0.3, 0.4) is 0 Å². The number of nitrogens with zero attached hydrogens (tertiary/aromatic N) is 4. The van der Waals surface area contributed by atoms with Crippen molar-refractivity contribution in [2.24, 2.45) is 5.92 Å². The molecule has 0 radical (unpaired) electrons. The van der Waals surface area contributed by atoms with Crippen LogP contribution in [0.2, 0.25) is 5.15 Å². The van der Waals surface area contributed by atoms with E-state index < -0.39 is 0 Å². The SMILES string of the molecule is COc1ncc(-c2cc([C@H]3C[C@@H]3C(C)O)c(Cl)nn2)c(OC)n1. The third-order valence-electron chi connectivity index (χ3n) is 4.02. The van der Waals surface area contributed by atoms with Gasteiger partial charge in [-0.05, 0) is 36.8 Å². The molecule has 1 fully saturated rings. The highest BCUT2D eigenvalue weighted by atomic mass is 35.5. The molecule has 3 atom stereocenters. The fraction of sp³-hybridized carbons (Fsp3) is 0.467. The molecule has 0 amide bonds. The first-order chi connectivity index (χ1) is 11.0. The molecule has 2 heterocycles. The van der Waals surface area contributed by atoms with Crippen molar-refractivity contribution in [3.8, 4) is 23.1 Å². The number of ether oxygens (including phenoxy) is 2. The quantitative estimate of drug-likeness (QED) is 0.893. The molecule has 1 unspecified atom stereocenters. The lowest BCUT2D eigenvalue weighted by Crippen LogP contribution is -2.05. The van der Waals surface area contributed by atoms with Gasteiger partial charge in [0.15, 0.2) is 5.15 Å². The van der Waals surface area contributed by atoms with E-state index in [2.05, 4.69) is 20.2 Å². The maximum atomic E-state index is 9.71. The smallest absolute Gasteiger partial charge is 0.319 e. The minimum atomic E-state index is -0.369. The van der Waals surface area contributed by atoms with Crippen molar-refractivity contribution in [2.75, 3.05) is 14.2 Å². The molecule has 3 rings (SSSR count). The van der Waals surface area contributed by atoms with E-state index in [1.807, 2.05) is 6.07 Å². The number of aromatic nitrogens is 4. The first kappa shape index (κ1) is 15.9. The zero-order valence-corrected chi connectivity index (χ0v) is 13.8. The summed E-state index contributed by atoms with van der Waals surface area (Å²) in [5.74, 6) is 0.753. The van der Waals surface area contributed by atoms with Crippen LogP contribution in [-0.2, 0) is 0 Å². The minimum absolute atomic E-state index is 0.196. The molecular weight excluding hydrogens is 320 g/mol. The number of halogens is 1. The lowest BCUT2D eigenvalue weighted by atomic mass is 10.1. The van der Waals surface area contributed by atoms with Crippen molar-refractivity contribution >= 4 is 11.6 Å². The standard InChI is InChI=1S/C15H17ClN4O3/c1-7(21)8-4-9(8)10-5-12(19-20-13(10)16)11-6-17-15(23-3)18-14(11)22-2/h5-9,21H,4H2,1-3H3/t7?,8-,9+/m1/s1. The summed E-state index contributed by atoms with van der Waals surface area (Å²) in [4.78, 5) is 8.23. The van der Waals surface area contributed by atoms with Gasteiger partial charge in [0.05, 0.1) is 25.9 Å². The second-order valence-electron chi connectivity index (χ2n) is 5.50. The van der Waals surface area contributed by atoms with Crippen molar-refractivity contribution < 1.29 is 14.6 Å². The zero-order valence-electron chi connectivity index (χ0n) is 13.0. The molecule has 122 valence electrons. The Kier molecular flexibility index (Phi) is 4.32. The van der Waals surface area contributed by atoms with Gasteiger partial charge in [0, 0.05) is 6.20 Å². The van der Waals surface area contributed by atoms with E-state index >= 15 is 0 Å². The third-order valence-corrected chi connectivity index (χ3v) is 4.31. The number of hydrogen-bond donors (Lipinski definition) is 1. The van der Waals surface area contributed by atoms with E-state index in [1.54, 1.807) is 13.1 Å². The summed E-state index contributed by atoms with van der Waals surface area (Å²) < 4.78 is 10.3. The molecule has 2 aromatic rings. The molecule has 8 heteroatoms. The van der Waals surface area contributed by atoms with Crippen LogP contribution in [0.15, 0.2) is 12.3 Å². The molecule has 23 heavy (non-hydrogen) atoms. The molecule has 0 aromatic carbocycles. The summed E-state index contributed by atoms with van der Waals surface area (Å²) in [6.07, 6.45) is 2.09. The summed E-state index contributed by atoms with van der Waals surface area (Å²) in [6, 6.07) is 2.07. The van der Waals surface area contributed by atoms with Crippen LogP contribution in [0.5, 0.6) is 11.9 Å². The average molecular weight is 337 g/mol. The van der Waals surface area contributed by atoms with Gasteiger partial charge in [-0.15, -0.1) is 10.2 Å². The first-order valence-electron chi connectivity index (χ1n) is 7.21. The Morgan fingerprint density at radius 3 is 2.70 bits per heavy atom. The van der Waals surface area contributed by atoms with Gasteiger partial charge in [-0.1, -0.05) is 11.6 Å². The van der Waals surface area contributed by atoms with Crippen LogP contribution >= 0.6 is 11.6 Å². The predicted octanol–water partition coefficient (Wildman–Crippen LogP) is 2.09. The summed E-state index contributed by atoms with van der Waals surface area (Å²) in [6.45, 7) is 1.79. The Hall–Kier alpha value is -1.99. The lowest BCUT2D eigenvalue weighted by molar-refractivity contribution is 0.169. The van der Waals surface area contributed by atoms with E-state index in [0.717, 1.165) is 12.0 Å². The molecule has 7 nitrogen and oxygen atoms in total. The van der Waals surface area contributed by atoms with E-state index in [0.29, 0.717) is 22.3 Å². The normalized spacial score (nSPS) is 20.9. The second kappa shape index (κ2) is 6.25. The van der Waals surface area contributed by atoms with Crippen LogP contribution in [0.4, 0.5) is 0 Å². The lowest BCUT2D eigenvalue weighted by Gasteiger charge is -2.10. The van der Waals surface area contributed by atoms with E-state index in [4.69, 9.17) is 21.1 Å². The maximum absolute atomic E-state index is 9.71. The van der Waals surface area contributed by atoms with Crippen LogP contribution in [0.1, 0.15) is 24.8 Å². The molecule has 2 aromatic heterocycles. The minimum Gasteiger partial charge on any atom is -0.480 e. The van der Waals surface area contributed by atoms with E-state index in [-0.39, 0.29) is 24.0 Å². The van der Waals surface area contributed by atoms with Gasteiger partial charge in [-0.25, -0.2) is 4.98 Å². The highest BCUT2D eigenvalue weighted by molar-refractivity contribution is 6.30. The molecular formula is C15H17ClN4O3. The van der Waals surface area contributed by atoms with Crippen molar-refractivity contribution in [3.05, 3.63) is 23.0 Å². The summed E-state index contributed by atoms with van der Waals surface area (Å²) in [7, 11) is 3.00. The van der Waals surface area contributed by atoms with Crippen molar-refractivity contribution in [1.29, 1.82) is 0 Å². The fourth-order valence-corrected chi connectivity index (χ4v) is 2.90. The van der Waals surface area contributed by atoms with E-state index in [1.165, 1.54) is 14.2 Å². The monoisotopic (exact) mass is 336 g/mol. The number of aliphatic hydroxyl groups is 1. The molecule has 1 saturated carbocycles. The van der Waals surface area contributed by atoms with Crippen LogP contribution in [-0.4, -0.2) is 45.6 Å². The number of hydrogen-bond acceptors (Lipinski definition) is 7. The van der Waals surface area contributed by atoms with Gasteiger partial charge in [-0.3, -0.25) is 0 Å². The Morgan fingerprint density at radius 1 is 1.30 bits per heavy atom. The highest BCUT2D eigenvalue weighted by Crippen LogP contribution is 2.51. The third kappa shape index (κ3) is 3.07. The van der Waals surface area contributed by atoms with Crippen molar-refractivity contribution in [1.82, 2.24) is 20.2 Å². The Balaban J connectivity index is 1.98. The Bertz CT molecular complexity index is 726. The van der Waals surface area contributed by atoms with E-state index in [9.17, 15) is 5.11 Å². The van der Waals surface area contributed by atoms with Gasteiger partial charge >= 0.3 is 6.01 Å². The van der Waals surface area contributed by atoms with Crippen LogP contribution in [0, 0.1) is 5.92 Å². The summed E-state index contributed by atoms with van der Waals surface area (Å²) in [5.41, 5.74) is 2.05. The van der Waals surface area contributed by atoms with Crippen LogP contribution < -0.4 is 9.47 Å². The highest BCUT2D eigenvalue weighted by Gasteiger charge is 2.43. The average Bonchev–Trinajstić information content (AvgIpc) is 3.35. The molecule has 0 aliphatic heterocycles. The first-order valence-corrected chi connectivity index (χ1v) is 7.59. The Morgan fingerprint density at radius 2 is 2.09 bits per heavy atom. The van der Waals surface area contributed by atoms with Gasteiger partial charge in [0.1, 0.15) is 5.69 Å². The molecule has 1 aliphatic carbocycles.